The van der Waals surface area contributed by atoms with Crippen molar-refractivity contribution in [2.45, 2.75) is 13.0 Å². The molecule has 1 aliphatic rings. The van der Waals surface area contributed by atoms with Crippen molar-refractivity contribution in [2.24, 2.45) is 0 Å². The van der Waals surface area contributed by atoms with Crippen molar-refractivity contribution in [3.05, 3.63) is 12.2 Å². The summed E-state index contributed by atoms with van der Waals surface area (Å²) in [6.07, 6.45) is 1.74. The second-order valence-electron chi connectivity index (χ2n) is 2.21. The average Bonchev–Trinajstić information content (AvgIpc) is 1.95. The smallest absolute Gasteiger partial charge is 0.331 e. The lowest BCUT2D eigenvalue weighted by atomic mass is 10.4. The summed E-state index contributed by atoms with van der Waals surface area (Å²) >= 11 is 0. The van der Waals surface area contributed by atoms with Crippen molar-refractivity contribution in [2.75, 3.05) is 6.61 Å². The summed E-state index contributed by atoms with van der Waals surface area (Å²) in [5.41, 5.74) is 0. The van der Waals surface area contributed by atoms with Crippen molar-refractivity contribution in [1.29, 1.82) is 0 Å². The number of hydrogen-bond acceptors (Lipinski definition) is 4. The zero-order chi connectivity index (χ0) is 8.27. The third kappa shape index (κ3) is 2.41. The van der Waals surface area contributed by atoms with E-state index in [1.165, 1.54) is 0 Å². The first-order chi connectivity index (χ1) is 5.18. The lowest BCUT2D eigenvalue weighted by Crippen LogP contribution is -2.23. The molecule has 1 atom stereocenters. The Hall–Kier alpha value is -1.32. The fourth-order valence-corrected chi connectivity index (χ4v) is 0.655. The highest BCUT2D eigenvalue weighted by Crippen LogP contribution is 1.98. The second kappa shape index (κ2) is 3.18. The average molecular weight is 156 g/mol. The number of carbonyl (C=O) groups is 2. The lowest BCUT2D eigenvalue weighted by Gasteiger charge is -2.13. The van der Waals surface area contributed by atoms with Gasteiger partial charge in [0.25, 0.3) is 0 Å². The fourth-order valence-electron chi connectivity index (χ4n) is 0.655. The third-order valence-electron chi connectivity index (χ3n) is 1.13. The van der Waals surface area contributed by atoms with Crippen LogP contribution in [-0.4, -0.2) is 24.6 Å². The maximum absolute atomic E-state index is 10.7. The van der Waals surface area contributed by atoms with Crippen molar-refractivity contribution in [3.8, 4) is 0 Å². The van der Waals surface area contributed by atoms with Crippen LogP contribution in [0.1, 0.15) is 6.92 Å². The Balaban J connectivity index is 2.65. The quantitative estimate of drug-likeness (QED) is 0.464. The van der Waals surface area contributed by atoms with Crippen LogP contribution in [0.25, 0.3) is 0 Å². The Morgan fingerprint density at radius 1 is 1.36 bits per heavy atom. The first-order valence-corrected chi connectivity index (χ1v) is 3.24. The molecule has 0 spiro atoms. The lowest BCUT2D eigenvalue weighted by molar-refractivity contribution is -0.153. The number of hydrogen-bond donors (Lipinski definition) is 0. The summed E-state index contributed by atoms with van der Waals surface area (Å²) in [4.78, 5) is 21.3. The Labute approximate surface area is 63.8 Å². The summed E-state index contributed by atoms with van der Waals surface area (Å²) in [6, 6.07) is 0. The van der Waals surface area contributed by atoms with Crippen molar-refractivity contribution < 1.29 is 19.1 Å². The van der Waals surface area contributed by atoms with Crippen LogP contribution < -0.4 is 0 Å². The highest BCUT2D eigenvalue weighted by atomic mass is 16.6. The van der Waals surface area contributed by atoms with Gasteiger partial charge in [0.05, 0.1) is 0 Å². The highest BCUT2D eigenvalue weighted by molar-refractivity contribution is 5.92. The molecule has 0 saturated carbocycles. The van der Waals surface area contributed by atoms with Gasteiger partial charge in [-0.3, -0.25) is 0 Å². The van der Waals surface area contributed by atoms with Gasteiger partial charge in [0.15, 0.2) is 0 Å². The Morgan fingerprint density at radius 2 is 2.00 bits per heavy atom. The Kier molecular flexibility index (Phi) is 2.25. The van der Waals surface area contributed by atoms with Gasteiger partial charge in [0.2, 0.25) is 0 Å². The van der Waals surface area contributed by atoms with Crippen LogP contribution >= 0.6 is 0 Å². The van der Waals surface area contributed by atoms with E-state index in [1.807, 2.05) is 0 Å². The molecule has 0 aromatic carbocycles. The minimum absolute atomic E-state index is 0.120. The summed E-state index contributed by atoms with van der Waals surface area (Å²) in [5, 5.41) is 0. The van der Waals surface area contributed by atoms with Gasteiger partial charge in [-0.15, -0.1) is 0 Å². The third-order valence-corrected chi connectivity index (χ3v) is 1.13. The topological polar surface area (TPSA) is 52.6 Å². The van der Waals surface area contributed by atoms with E-state index in [-0.39, 0.29) is 12.7 Å². The number of carbonyl (C=O) groups excluding carboxylic acids is 2. The number of rotatable bonds is 0. The molecule has 0 bridgehead atoms. The van der Waals surface area contributed by atoms with Crippen LogP contribution in [0, 0.1) is 0 Å². The van der Waals surface area contributed by atoms with E-state index < -0.39 is 11.9 Å². The van der Waals surface area contributed by atoms with Crippen LogP contribution in [0.15, 0.2) is 12.2 Å². The molecule has 1 aliphatic heterocycles. The van der Waals surface area contributed by atoms with Crippen molar-refractivity contribution in [3.63, 3.8) is 0 Å². The number of esters is 2. The summed E-state index contributed by atoms with van der Waals surface area (Å²) < 4.78 is 9.38. The van der Waals surface area contributed by atoms with Gasteiger partial charge in [0.1, 0.15) is 12.7 Å². The van der Waals surface area contributed by atoms with Crippen molar-refractivity contribution in [1.82, 2.24) is 0 Å². The summed E-state index contributed by atoms with van der Waals surface area (Å²) in [5.74, 6) is -1.01. The molecule has 1 rings (SSSR count). The standard InChI is InChI=1S/C7H8O4/c1-5-4-10-6(8)2-3-7(9)11-5/h2-3,5H,4H2,1H3/t5-/m0/s1. The van der Waals surface area contributed by atoms with E-state index in [9.17, 15) is 9.59 Å². The second-order valence-corrected chi connectivity index (χ2v) is 2.21. The fraction of sp³-hybridized carbons (Fsp3) is 0.429. The normalized spacial score (nSPS) is 25.0. The van der Waals surface area contributed by atoms with Gasteiger partial charge in [-0.2, -0.15) is 0 Å². The van der Waals surface area contributed by atoms with Crippen LogP contribution in [0.2, 0.25) is 0 Å². The molecule has 0 saturated heterocycles. The van der Waals surface area contributed by atoms with Gasteiger partial charge >= 0.3 is 11.9 Å². The van der Waals surface area contributed by atoms with Crippen LogP contribution in [-0.2, 0) is 19.1 Å². The van der Waals surface area contributed by atoms with E-state index in [0.717, 1.165) is 12.2 Å². The molecule has 0 amide bonds. The van der Waals surface area contributed by atoms with Gasteiger partial charge in [-0.1, -0.05) is 0 Å². The zero-order valence-electron chi connectivity index (χ0n) is 6.07. The first-order valence-electron chi connectivity index (χ1n) is 3.24. The molecule has 4 heteroatoms. The molecule has 4 nitrogen and oxygen atoms in total. The number of cyclic esters (lactones) is 2. The van der Waals surface area contributed by atoms with E-state index in [4.69, 9.17) is 4.74 Å². The molecule has 11 heavy (non-hydrogen) atoms. The molecule has 0 aromatic rings. The van der Waals surface area contributed by atoms with Gasteiger partial charge < -0.3 is 9.47 Å². The van der Waals surface area contributed by atoms with E-state index in [2.05, 4.69) is 4.74 Å². The molecule has 0 radical (unpaired) electrons. The van der Waals surface area contributed by atoms with Crippen molar-refractivity contribution >= 4 is 11.9 Å². The minimum Gasteiger partial charge on any atom is -0.459 e. The largest absolute Gasteiger partial charge is 0.459 e. The summed E-state index contributed by atoms with van der Waals surface area (Å²) in [7, 11) is 0. The maximum Gasteiger partial charge on any atom is 0.331 e. The first kappa shape index (κ1) is 7.78. The van der Waals surface area contributed by atoms with Gasteiger partial charge in [-0.05, 0) is 6.92 Å². The minimum atomic E-state index is -0.506. The van der Waals surface area contributed by atoms with Crippen LogP contribution in [0.3, 0.4) is 0 Å². The van der Waals surface area contributed by atoms with E-state index >= 15 is 0 Å². The van der Waals surface area contributed by atoms with E-state index in [0.29, 0.717) is 0 Å². The predicted molar refractivity (Wildman–Crippen MR) is 35.7 cm³/mol. The molecular formula is C7H8O4. The zero-order valence-corrected chi connectivity index (χ0v) is 6.07. The molecule has 0 N–H and O–H groups in total. The molecule has 1 heterocycles. The molecule has 0 aliphatic carbocycles. The van der Waals surface area contributed by atoms with E-state index in [1.54, 1.807) is 6.92 Å². The predicted octanol–water partition coefficient (Wildman–Crippen LogP) is 0.0311. The van der Waals surface area contributed by atoms with Crippen LogP contribution in [0.4, 0.5) is 0 Å². The maximum atomic E-state index is 10.7. The molecule has 0 unspecified atom stereocenters. The molecule has 60 valence electrons. The Morgan fingerprint density at radius 3 is 2.73 bits per heavy atom. The SMILES string of the molecule is C[C@H]1COC(=O)C=CC(=O)O1. The summed E-state index contributed by atoms with van der Waals surface area (Å²) in [6.45, 7) is 1.78. The van der Waals surface area contributed by atoms with Gasteiger partial charge in [-0.25, -0.2) is 9.59 Å². The monoisotopic (exact) mass is 156 g/mol. The highest BCUT2D eigenvalue weighted by Gasteiger charge is 2.12. The number of ether oxygens (including phenoxy) is 2. The molecule has 0 fully saturated rings. The van der Waals surface area contributed by atoms with Crippen LogP contribution in [0.5, 0.6) is 0 Å². The molecular weight excluding hydrogens is 148 g/mol. The Bertz CT molecular complexity index is 206. The molecule has 0 aromatic heterocycles. The van der Waals surface area contributed by atoms with Gasteiger partial charge in [0, 0.05) is 12.2 Å².